The Bertz CT molecular complexity index is 632. The van der Waals surface area contributed by atoms with Crippen LogP contribution in [-0.4, -0.2) is 22.8 Å². The fourth-order valence-corrected chi connectivity index (χ4v) is 2.23. The van der Waals surface area contributed by atoms with E-state index in [9.17, 15) is 4.79 Å². The number of nitrogens with one attached hydrogen (secondary N) is 1. The van der Waals surface area contributed by atoms with Crippen molar-refractivity contribution in [1.29, 1.82) is 0 Å². The van der Waals surface area contributed by atoms with Gasteiger partial charge in [-0.25, -0.2) is 4.68 Å². The van der Waals surface area contributed by atoms with E-state index in [4.69, 9.17) is 4.74 Å². The number of anilines is 1. The molecule has 2 rings (SSSR count). The minimum absolute atomic E-state index is 0.0821. The minimum Gasteiger partial charge on any atom is -0.496 e. The van der Waals surface area contributed by atoms with Crippen molar-refractivity contribution in [2.75, 3.05) is 12.4 Å². The number of carbonyl (C=O) groups excluding carboxylic acids is 1. The second-order valence-corrected chi connectivity index (χ2v) is 5.30. The zero-order chi connectivity index (χ0) is 15.4. The lowest BCUT2D eigenvalue weighted by Crippen LogP contribution is -2.18. The number of carbonyl (C=O) groups is 1. The van der Waals surface area contributed by atoms with Crippen LogP contribution in [0, 0.1) is 6.92 Å². The molecule has 0 aliphatic carbocycles. The smallest absolute Gasteiger partial charge is 0.230 e. The number of aromatic nitrogens is 2. The van der Waals surface area contributed by atoms with Crippen LogP contribution in [0.15, 0.2) is 30.5 Å². The first kappa shape index (κ1) is 15.1. The van der Waals surface area contributed by atoms with Crippen LogP contribution in [0.4, 0.5) is 5.82 Å². The second kappa shape index (κ2) is 6.43. The maximum absolute atomic E-state index is 12.2. The molecule has 0 radical (unpaired) electrons. The van der Waals surface area contributed by atoms with Gasteiger partial charge in [0.1, 0.15) is 11.6 Å². The Hall–Kier alpha value is -2.30. The standard InChI is InChI=1S/C16H21N3O2/c1-11(2)19-15(7-8-17-19)18-16(20)10-13-9-12(3)5-6-14(13)21-4/h5-9,11H,10H2,1-4H3,(H,18,20). The van der Waals surface area contributed by atoms with Crippen LogP contribution < -0.4 is 10.1 Å². The second-order valence-electron chi connectivity index (χ2n) is 5.30. The van der Waals surface area contributed by atoms with Crippen molar-refractivity contribution >= 4 is 11.7 Å². The minimum atomic E-state index is -0.0821. The lowest BCUT2D eigenvalue weighted by Gasteiger charge is -2.13. The molecule has 1 amide bonds. The van der Waals surface area contributed by atoms with Gasteiger partial charge in [0.2, 0.25) is 5.91 Å². The van der Waals surface area contributed by atoms with E-state index < -0.39 is 0 Å². The molecule has 0 bridgehead atoms. The molecule has 5 nitrogen and oxygen atoms in total. The summed E-state index contributed by atoms with van der Waals surface area (Å²) in [4.78, 5) is 12.2. The molecular weight excluding hydrogens is 266 g/mol. The summed E-state index contributed by atoms with van der Waals surface area (Å²) in [5, 5.41) is 7.10. The summed E-state index contributed by atoms with van der Waals surface area (Å²) in [6.45, 7) is 6.03. The molecule has 0 fully saturated rings. The Kier molecular flexibility index (Phi) is 4.62. The molecule has 0 saturated heterocycles. The number of methoxy groups -OCH3 is 1. The number of hydrogen-bond acceptors (Lipinski definition) is 3. The van der Waals surface area contributed by atoms with Crippen LogP contribution in [0.25, 0.3) is 0 Å². The maximum atomic E-state index is 12.2. The van der Waals surface area contributed by atoms with Gasteiger partial charge < -0.3 is 10.1 Å². The van der Waals surface area contributed by atoms with Gasteiger partial charge in [-0.15, -0.1) is 0 Å². The summed E-state index contributed by atoms with van der Waals surface area (Å²) in [6, 6.07) is 7.82. The SMILES string of the molecule is COc1ccc(C)cc1CC(=O)Nc1ccnn1C(C)C. The largest absolute Gasteiger partial charge is 0.496 e. The fraction of sp³-hybridized carbons (Fsp3) is 0.375. The number of amides is 1. The van der Waals surface area contributed by atoms with Crippen molar-refractivity contribution < 1.29 is 9.53 Å². The van der Waals surface area contributed by atoms with Crippen LogP contribution >= 0.6 is 0 Å². The molecule has 0 aliphatic rings. The van der Waals surface area contributed by atoms with E-state index in [0.29, 0.717) is 5.82 Å². The van der Waals surface area contributed by atoms with Gasteiger partial charge in [-0.1, -0.05) is 17.7 Å². The van der Waals surface area contributed by atoms with Gasteiger partial charge in [0, 0.05) is 17.7 Å². The maximum Gasteiger partial charge on any atom is 0.230 e. The van der Waals surface area contributed by atoms with Gasteiger partial charge in [-0.2, -0.15) is 5.10 Å². The van der Waals surface area contributed by atoms with Crippen molar-refractivity contribution in [3.05, 3.63) is 41.6 Å². The topological polar surface area (TPSA) is 56.1 Å². The predicted octanol–water partition coefficient (Wildman–Crippen LogP) is 2.96. The van der Waals surface area contributed by atoms with Crippen LogP contribution in [-0.2, 0) is 11.2 Å². The summed E-state index contributed by atoms with van der Waals surface area (Å²) in [6.07, 6.45) is 1.96. The van der Waals surface area contributed by atoms with Gasteiger partial charge >= 0.3 is 0 Å². The Morgan fingerprint density at radius 1 is 1.38 bits per heavy atom. The number of nitrogens with zero attached hydrogens (tertiary/aromatic N) is 2. The van der Waals surface area contributed by atoms with E-state index in [2.05, 4.69) is 10.4 Å². The molecule has 1 N–H and O–H groups in total. The summed E-state index contributed by atoms with van der Waals surface area (Å²) < 4.78 is 7.08. The summed E-state index contributed by atoms with van der Waals surface area (Å²) in [5.41, 5.74) is 1.98. The number of aryl methyl sites for hydroxylation is 1. The molecule has 21 heavy (non-hydrogen) atoms. The van der Waals surface area contributed by atoms with E-state index >= 15 is 0 Å². The van der Waals surface area contributed by atoms with Gasteiger partial charge in [-0.05, 0) is 26.8 Å². The van der Waals surface area contributed by atoms with Gasteiger partial charge in [0.25, 0.3) is 0 Å². The summed E-state index contributed by atoms with van der Waals surface area (Å²) in [5.74, 6) is 1.36. The molecule has 0 aliphatic heterocycles. The molecule has 0 unspecified atom stereocenters. The Morgan fingerprint density at radius 2 is 2.14 bits per heavy atom. The van der Waals surface area contributed by atoms with Crippen molar-refractivity contribution in [3.8, 4) is 5.75 Å². The normalized spacial score (nSPS) is 10.7. The Morgan fingerprint density at radius 3 is 2.81 bits per heavy atom. The molecule has 1 aromatic heterocycles. The molecule has 2 aromatic rings. The van der Waals surface area contributed by atoms with Crippen molar-refractivity contribution in [3.63, 3.8) is 0 Å². The zero-order valence-electron chi connectivity index (χ0n) is 12.9. The number of hydrogen-bond donors (Lipinski definition) is 1. The van der Waals surface area contributed by atoms with E-state index in [1.54, 1.807) is 24.1 Å². The van der Waals surface area contributed by atoms with Crippen LogP contribution in [0.3, 0.4) is 0 Å². The highest BCUT2D eigenvalue weighted by Crippen LogP contribution is 2.21. The first-order valence-corrected chi connectivity index (χ1v) is 6.98. The fourth-order valence-electron chi connectivity index (χ4n) is 2.23. The Balaban J connectivity index is 2.12. The molecule has 0 spiro atoms. The van der Waals surface area contributed by atoms with Gasteiger partial charge in [0.05, 0.1) is 19.7 Å². The summed E-state index contributed by atoms with van der Waals surface area (Å²) in [7, 11) is 1.61. The zero-order valence-corrected chi connectivity index (χ0v) is 12.9. The van der Waals surface area contributed by atoms with Crippen molar-refractivity contribution in [2.24, 2.45) is 0 Å². The van der Waals surface area contributed by atoms with Crippen LogP contribution in [0.2, 0.25) is 0 Å². The average Bonchev–Trinajstić information content (AvgIpc) is 2.87. The number of ether oxygens (including phenoxy) is 1. The molecule has 0 saturated carbocycles. The van der Waals surface area contributed by atoms with Crippen molar-refractivity contribution in [1.82, 2.24) is 9.78 Å². The molecule has 112 valence electrons. The van der Waals surface area contributed by atoms with Crippen LogP contribution in [0.5, 0.6) is 5.75 Å². The predicted molar refractivity (Wildman–Crippen MR) is 82.7 cm³/mol. The monoisotopic (exact) mass is 287 g/mol. The molecule has 5 heteroatoms. The first-order valence-electron chi connectivity index (χ1n) is 6.98. The van der Waals surface area contributed by atoms with Gasteiger partial charge in [-0.3, -0.25) is 4.79 Å². The van der Waals surface area contributed by atoms with Crippen LogP contribution in [0.1, 0.15) is 31.0 Å². The van der Waals surface area contributed by atoms with E-state index in [0.717, 1.165) is 16.9 Å². The van der Waals surface area contributed by atoms with E-state index in [1.165, 1.54) is 0 Å². The van der Waals surface area contributed by atoms with E-state index in [-0.39, 0.29) is 18.4 Å². The van der Waals surface area contributed by atoms with E-state index in [1.807, 2.05) is 39.0 Å². The third-order valence-electron chi connectivity index (χ3n) is 3.21. The molecule has 0 atom stereocenters. The lowest BCUT2D eigenvalue weighted by molar-refractivity contribution is -0.115. The number of rotatable bonds is 5. The average molecular weight is 287 g/mol. The molecule has 1 heterocycles. The molecule has 1 aromatic carbocycles. The first-order chi connectivity index (χ1) is 10.0. The van der Waals surface area contributed by atoms with Gasteiger partial charge in [0.15, 0.2) is 0 Å². The quantitative estimate of drug-likeness (QED) is 0.919. The third-order valence-corrected chi connectivity index (χ3v) is 3.21. The highest BCUT2D eigenvalue weighted by molar-refractivity contribution is 5.91. The lowest BCUT2D eigenvalue weighted by atomic mass is 10.1. The highest BCUT2D eigenvalue weighted by atomic mass is 16.5. The molecular formula is C16H21N3O2. The summed E-state index contributed by atoms with van der Waals surface area (Å²) >= 11 is 0. The number of benzene rings is 1. The highest BCUT2D eigenvalue weighted by Gasteiger charge is 2.12. The Labute approximate surface area is 124 Å². The van der Waals surface area contributed by atoms with Crippen molar-refractivity contribution in [2.45, 2.75) is 33.2 Å². The third kappa shape index (κ3) is 3.62.